The molecule has 1 aromatic rings. The minimum Gasteiger partial charge on any atom is -0.360 e. The number of piperidine rings is 1. The molecule has 0 spiro atoms. The first-order chi connectivity index (χ1) is 10.7. The van der Waals surface area contributed by atoms with Gasteiger partial charge in [-0.3, -0.25) is 4.79 Å². The van der Waals surface area contributed by atoms with Gasteiger partial charge in [0.05, 0.1) is 0 Å². The third kappa shape index (κ3) is 2.78. The van der Waals surface area contributed by atoms with Gasteiger partial charge in [0, 0.05) is 25.1 Å². The van der Waals surface area contributed by atoms with E-state index < -0.39 is 0 Å². The largest absolute Gasteiger partial charge is 0.360 e. The molecule has 3 heterocycles. The highest BCUT2D eigenvalue weighted by Crippen LogP contribution is 2.40. The van der Waals surface area contributed by atoms with Crippen molar-refractivity contribution < 1.29 is 9.32 Å². The lowest BCUT2D eigenvalue weighted by Gasteiger charge is -2.32. The van der Waals surface area contributed by atoms with E-state index in [0.717, 1.165) is 31.2 Å². The monoisotopic (exact) mass is 303 g/mol. The lowest BCUT2D eigenvalue weighted by molar-refractivity contribution is 0.0765. The van der Waals surface area contributed by atoms with E-state index in [9.17, 15) is 4.79 Å². The second-order valence-electron chi connectivity index (χ2n) is 7.33. The molecule has 3 fully saturated rings. The maximum Gasteiger partial charge on any atom is 0.276 e. The van der Waals surface area contributed by atoms with Crippen LogP contribution in [0.1, 0.15) is 54.3 Å². The first kappa shape index (κ1) is 14.2. The molecule has 22 heavy (non-hydrogen) atoms. The van der Waals surface area contributed by atoms with E-state index in [2.05, 4.69) is 17.1 Å². The molecule has 120 valence electrons. The van der Waals surface area contributed by atoms with E-state index in [4.69, 9.17) is 4.52 Å². The molecule has 5 nitrogen and oxygen atoms in total. The van der Waals surface area contributed by atoms with Crippen LogP contribution < -0.4 is 0 Å². The van der Waals surface area contributed by atoms with Crippen molar-refractivity contribution >= 4 is 5.91 Å². The minimum absolute atomic E-state index is 0.0612. The number of amides is 1. The van der Waals surface area contributed by atoms with Crippen molar-refractivity contribution in [2.24, 2.45) is 11.8 Å². The number of nitrogens with zero attached hydrogens (tertiary/aromatic N) is 3. The molecule has 1 aromatic heterocycles. The van der Waals surface area contributed by atoms with Crippen molar-refractivity contribution in [3.8, 4) is 0 Å². The van der Waals surface area contributed by atoms with E-state index in [-0.39, 0.29) is 5.91 Å². The van der Waals surface area contributed by atoms with Crippen molar-refractivity contribution in [1.29, 1.82) is 0 Å². The van der Waals surface area contributed by atoms with Gasteiger partial charge in [0.1, 0.15) is 5.76 Å². The second-order valence-corrected chi connectivity index (χ2v) is 7.33. The zero-order valence-electron chi connectivity index (χ0n) is 13.3. The molecule has 3 aliphatic rings. The Morgan fingerprint density at radius 1 is 1.14 bits per heavy atom. The number of aromatic nitrogens is 1. The van der Waals surface area contributed by atoms with Gasteiger partial charge in [0.2, 0.25) is 0 Å². The molecule has 0 unspecified atom stereocenters. The predicted octanol–water partition coefficient (Wildman–Crippen LogP) is 2.36. The van der Waals surface area contributed by atoms with Crippen LogP contribution in [0.25, 0.3) is 0 Å². The van der Waals surface area contributed by atoms with Crippen LogP contribution in [0.5, 0.6) is 0 Å². The molecule has 5 heteroatoms. The van der Waals surface area contributed by atoms with Gasteiger partial charge in [0.15, 0.2) is 5.69 Å². The Morgan fingerprint density at radius 2 is 1.86 bits per heavy atom. The Labute approximate surface area is 131 Å². The Hall–Kier alpha value is -1.36. The fourth-order valence-electron chi connectivity index (χ4n) is 3.97. The molecule has 0 N–H and O–H groups in total. The predicted molar refractivity (Wildman–Crippen MR) is 82.7 cm³/mol. The SMILES string of the molecule is CN1CCC([C@@H]2CCN(C(=O)c3cc(C4CC4)on3)C2)CC1. The highest BCUT2D eigenvalue weighted by molar-refractivity contribution is 5.92. The lowest BCUT2D eigenvalue weighted by Crippen LogP contribution is -2.35. The zero-order chi connectivity index (χ0) is 15.1. The van der Waals surface area contributed by atoms with Crippen LogP contribution >= 0.6 is 0 Å². The summed E-state index contributed by atoms with van der Waals surface area (Å²) in [5.41, 5.74) is 0.505. The molecule has 0 aromatic carbocycles. The third-order valence-electron chi connectivity index (χ3n) is 5.67. The number of likely N-dealkylation sites (tertiary alicyclic amines) is 2. The summed E-state index contributed by atoms with van der Waals surface area (Å²) in [5.74, 6) is 2.93. The fraction of sp³-hybridized carbons (Fsp3) is 0.765. The molecular weight excluding hydrogens is 278 g/mol. The summed E-state index contributed by atoms with van der Waals surface area (Å²) < 4.78 is 5.32. The van der Waals surface area contributed by atoms with E-state index in [1.54, 1.807) is 0 Å². The molecule has 4 rings (SSSR count). The van der Waals surface area contributed by atoms with E-state index >= 15 is 0 Å². The summed E-state index contributed by atoms with van der Waals surface area (Å²) in [6.45, 7) is 4.17. The van der Waals surface area contributed by atoms with E-state index in [1.165, 1.54) is 38.8 Å². The maximum atomic E-state index is 12.6. The standard InChI is InChI=1S/C17H25N3O2/c1-19-7-4-12(5-8-19)14-6-9-20(11-14)17(21)15-10-16(22-18-15)13-2-3-13/h10,12-14H,2-9,11H2,1H3/t14-/m1/s1. The summed E-state index contributed by atoms with van der Waals surface area (Å²) in [5, 5.41) is 4.00. The minimum atomic E-state index is 0.0612. The van der Waals surface area contributed by atoms with Crippen LogP contribution in [-0.2, 0) is 0 Å². The smallest absolute Gasteiger partial charge is 0.276 e. The van der Waals surface area contributed by atoms with E-state index in [0.29, 0.717) is 17.5 Å². The van der Waals surface area contributed by atoms with Crippen molar-refractivity contribution in [3.63, 3.8) is 0 Å². The Bertz CT molecular complexity index is 544. The molecule has 1 aliphatic carbocycles. The van der Waals surface area contributed by atoms with Gasteiger partial charge in [-0.05, 0) is 64.1 Å². The number of hydrogen-bond acceptors (Lipinski definition) is 4. The molecule has 1 atom stereocenters. The molecule has 2 saturated heterocycles. The molecule has 0 bridgehead atoms. The summed E-state index contributed by atoms with van der Waals surface area (Å²) in [7, 11) is 2.20. The first-order valence-electron chi connectivity index (χ1n) is 8.65. The van der Waals surface area contributed by atoms with Gasteiger partial charge in [-0.2, -0.15) is 0 Å². The summed E-state index contributed by atoms with van der Waals surface area (Å²) in [4.78, 5) is 17.0. The van der Waals surface area contributed by atoms with Crippen LogP contribution in [-0.4, -0.2) is 54.1 Å². The highest BCUT2D eigenvalue weighted by Gasteiger charge is 2.35. The van der Waals surface area contributed by atoms with Crippen molar-refractivity contribution in [3.05, 3.63) is 17.5 Å². The molecule has 2 aliphatic heterocycles. The molecular formula is C17H25N3O2. The second kappa shape index (κ2) is 5.69. The number of rotatable bonds is 3. The van der Waals surface area contributed by atoms with Crippen LogP contribution in [0.2, 0.25) is 0 Å². The number of carbonyl (C=O) groups excluding carboxylic acids is 1. The Morgan fingerprint density at radius 3 is 2.59 bits per heavy atom. The first-order valence-corrected chi connectivity index (χ1v) is 8.65. The highest BCUT2D eigenvalue weighted by atomic mass is 16.5. The fourth-order valence-corrected chi connectivity index (χ4v) is 3.97. The third-order valence-corrected chi connectivity index (χ3v) is 5.67. The summed E-state index contributed by atoms with van der Waals surface area (Å²) in [6.07, 6.45) is 6.04. The van der Waals surface area contributed by atoms with Gasteiger partial charge in [-0.15, -0.1) is 0 Å². The van der Waals surface area contributed by atoms with Crippen LogP contribution in [0, 0.1) is 11.8 Å². The summed E-state index contributed by atoms with van der Waals surface area (Å²) in [6, 6.07) is 1.86. The van der Waals surface area contributed by atoms with Gasteiger partial charge in [-0.25, -0.2) is 0 Å². The zero-order valence-corrected chi connectivity index (χ0v) is 13.3. The van der Waals surface area contributed by atoms with Crippen LogP contribution in [0.3, 0.4) is 0 Å². The number of carbonyl (C=O) groups is 1. The summed E-state index contributed by atoms with van der Waals surface area (Å²) >= 11 is 0. The average molecular weight is 303 g/mol. The van der Waals surface area contributed by atoms with Gasteiger partial charge in [0.25, 0.3) is 5.91 Å². The molecule has 1 amide bonds. The van der Waals surface area contributed by atoms with Crippen molar-refractivity contribution in [2.75, 3.05) is 33.2 Å². The number of hydrogen-bond donors (Lipinski definition) is 0. The van der Waals surface area contributed by atoms with Gasteiger partial charge < -0.3 is 14.3 Å². The topological polar surface area (TPSA) is 49.6 Å². The normalized spacial score (nSPS) is 27.5. The van der Waals surface area contributed by atoms with Gasteiger partial charge in [-0.1, -0.05) is 5.16 Å². The van der Waals surface area contributed by atoms with Crippen molar-refractivity contribution in [2.45, 2.75) is 38.0 Å². The van der Waals surface area contributed by atoms with Crippen LogP contribution in [0.15, 0.2) is 10.6 Å². The van der Waals surface area contributed by atoms with Gasteiger partial charge >= 0.3 is 0 Å². The lowest BCUT2D eigenvalue weighted by atomic mass is 9.84. The molecule has 0 radical (unpaired) electrons. The Balaban J connectivity index is 1.36. The average Bonchev–Trinajstić information content (AvgIpc) is 3.07. The Kier molecular flexibility index (Phi) is 3.68. The van der Waals surface area contributed by atoms with Crippen molar-refractivity contribution in [1.82, 2.24) is 15.0 Å². The maximum absolute atomic E-state index is 12.6. The van der Waals surface area contributed by atoms with Crippen LogP contribution in [0.4, 0.5) is 0 Å². The molecule has 1 saturated carbocycles. The van der Waals surface area contributed by atoms with E-state index in [1.807, 2.05) is 11.0 Å². The quantitative estimate of drug-likeness (QED) is 0.860.